The number of methoxy groups -OCH3 is 1. The molecule has 4 rings (SSSR count). The largest absolute Gasteiger partial charge is 0.496 e. The molecule has 1 aliphatic rings. The molecule has 2 heterocycles. The Bertz CT molecular complexity index is 958. The lowest BCUT2D eigenvalue weighted by molar-refractivity contribution is 0.146. The SMILES string of the molecule is COc1ccc(C)cc1CN1C[C@@H](c2ccccc2)[C@H](c2cc(C(F)F)n[nH]2)C1. The molecule has 1 N–H and O–H groups in total. The highest BCUT2D eigenvalue weighted by atomic mass is 19.3. The van der Waals surface area contributed by atoms with Crippen LogP contribution in [0.15, 0.2) is 54.6 Å². The number of H-pyrrole nitrogens is 1. The first-order valence-electron chi connectivity index (χ1n) is 9.79. The van der Waals surface area contributed by atoms with Crippen LogP contribution in [0.4, 0.5) is 8.78 Å². The van der Waals surface area contributed by atoms with Crippen LogP contribution in [0.25, 0.3) is 0 Å². The van der Waals surface area contributed by atoms with Crippen molar-refractivity contribution < 1.29 is 13.5 Å². The molecule has 6 heteroatoms. The lowest BCUT2D eigenvalue weighted by Crippen LogP contribution is -2.20. The number of aryl methyl sites for hydroxylation is 1. The fourth-order valence-electron chi connectivity index (χ4n) is 4.29. The molecule has 2 atom stereocenters. The molecule has 29 heavy (non-hydrogen) atoms. The van der Waals surface area contributed by atoms with Crippen LogP contribution in [-0.2, 0) is 6.54 Å². The summed E-state index contributed by atoms with van der Waals surface area (Å²) in [6, 6.07) is 18.0. The summed E-state index contributed by atoms with van der Waals surface area (Å²) >= 11 is 0. The van der Waals surface area contributed by atoms with E-state index in [1.54, 1.807) is 7.11 Å². The maximum Gasteiger partial charge on any atom is 0.282 e. The Labute approximate surface area is 169 Å². The molecule has 1 saturated heterocycles. The van der Waals surface area contributed by atoms with Gasteiger partial charge in [-0.3, -0.25) is 10.00 Å². The monoisotopic (exact) mass is 397 g/mol. The van der Waals surface area contributed by atoms with Crippen LogP contribution in [-0.4, -0.2) is 35.3 Å². The number of hydrogen-bond acceptors (Lipinski definition) is 3. The van der Waals surface area contributed by atoms with Crippen molar-refractivity contribution in [3.05, 3.63) is 82.7 Å². The number of aromatic nitrogens is 2. The number of halogens is 2. The fraction of sp³-hybridized carbons (Fsp3) is 0.348. The molecule has 0 bridgehead atoms. The lowest BCUT2D eigenvalue weighted by atomic mass is 9.87. The molecular weight excluding hydrogens is 372 g/mol. The van der Waals surface area contributed by atoms with E-state index < -0.39 is 6.43 Å². The molecule has 0 radical (unpaired) electrons. The van der Waals surface area contributed by atoms with Gasteiger partial charge >= 0.3 is 0 Å². The second kappa shape index (κ2) is 8.33. The molecule has 152 valence electrons. The van der Waals surface area contributed by atoms with Gasteiger partial charge in [-0.1, -0.05) is 48.0 Å². The van der Waals surface area contributed by atoms with Gasteiger partial charge in [0.1, 0.15) is 11.4 Å². The minimum atomic E-state index is -2.57. The summed E-state index contributed by atoms with van der Waals surface area (Å²) in [5.74, 6) is 1.16. The lowest BCUT2D eigenvalue weighted by Gasteiger charge is -2.18. The highest BCUT2D eigenvalue weighted by molar-refractivity contribution is 5.37. The first-order valence-corrected chi connectivity index (χ1v) is 9.79. The third kappa shape index (κ3) is 4.17. The van der Waals surface area contributed by atoms with E-state index in [9.17, 15) is 8.78 Å². The Kier molecular flexibility index (Phi) is 5.62. The van der Waals surface area contributed by atoms with E-state index >= 15 is 0 Å². The predicted molar refractivity (Wildman–Crippen MR) is 108 cm³/mol. The van der Waals surface area contributed by atoms with Crippen molar-refractivity contribution in [3.8, 4) is 5.75 Å². The van der Waals surface area contributed by atoms with E-state index in [4.69, 9.17) is 4.74 Å². The van der Waals surface area contributed by atoms with Gasteiger partial charge in [-0.2, -0.15) is 5.10 Å². The molecule has 1 fully saturated rings. The minimum Gasteiger partial charge on any atom is -0.496 e. The molecule has 1 aliphatic heterocycles. The Hall–Kier alpha value is -2.73. The first kappa shape index (κ1) is 19.6. The zero-order chi connectivity index (χ0) is 20.4. The van der Waals surface area contributed by atoms with Gasteiger partial charge in [-0.15, -0.1) is 0 Å². The summed E-state index contributed by atoms with van der Waals surface area (Å²) in [5.41, 5.74) is 4.12. The van der Waals surface area contributed by atoms with Gasteiger partial charge in [0.05, 0.1) is 7.11 Å². The number of likely N-dealkylation sites (tertiary alicyclic amines) is 1. The number of aromatic amines is 1. The van der Waals surface area contributed by atoms with E-state index in [0.29, 0.717) is 0 Å². The Balaban J connectivity index is 1.62. The van der Waals surface area contributed by atoms with Gasteiger partial charge in [0, 0.05) is 42.7 Å². The van der Waals surface area contributed by atoms with Crippen molar-refractivity contribution >= 4 is 0 Å². The number of nitrogens with one attached hydrogen (secondary N) is 1. The number of rotatable bonds is 6. The number of nitrogens with zero attached hydrogens (tertiary/aromatic N) is 2. The van der Waals surface area contributed by atoms with Gasteiger partial charge in [0.25, 0.3) is 6.43 Å². The molecule has 0 spiro atoms. The number of alkyl halides is 2. The van der Waals surface area contributed by atoms with Crippen LogP contribution in [0.5, 0.6) is 5.75 Å². The number of benzene rings is 2. The van der Waals surface area contributed by atoms with Crippen molar-refractivity contribution in [1.82, 2.24) is 15.1 Å². The summed E-state index contributed by atoms with van der Waals surface area (Å²) in [5, 5.41) is 6.69. The molecular formula is C23H25F2N3O. The molecule has 0 unspecified atom stereocenters. The normalized spacial score (nSPS) is 19.8. The Morgan fingerprint density at radius 3 is 2.55 bits per heavy atom. The zero-order valence-electron chi connectivity index (χ0n) is 16.6. The quantitative estimate of drug-likeness (QED) is 0.633. The molecule has 3 aromatic rings. The number of ether oxygens (including phenoxy) is 1. The summed E-state index contributed by atoms with van der Waals surface area (Å²) in [6.45, 7) is 4.43. The van der Waals surface area contributed by atoms with Gasteiger partial charge in [-0.05, 0) is 24.6 Å². The van der Waals surface area contributed by atoms with Crippen LogP contribution in [0.3, 0.4) is 0 Å². The van der Waals surface area contributed by atoms with Crippen LogP contribution >= 0.6 is 0 Å². The Morgan fingerprint density at radius 2 is 1.86 bits per heavy atom. The van der Waals surface area contributed by atoms with E-state index in [1.165, 1.54) is 17.2 Å². The van der Waals surface area contributed by atoms with E-state index in [1.807, 2.05) is 30.3 Å². The van der Waals surface area contributed by atoms with Gasteiger partial charge < -0.3 is 4.74 Å². The summed E-state index contributed by atoms with van der Waals surface area (Å²) in [7, 11) is 1.68. The van der Waals surface area contributed by atoms with Crippen molar-refractivity contribution in [2.45, 2.75) is 31.7 Å². The van der Waals surface area contributed by atoms with E-state index in [-0.39, 0.29) is 17.5 Å². The second-order valence-corrected chi connectivity index (χ2v) is 7.68. The average molecular weight is 397 g/mol. The first-order chi connectivity index (χ1) is 14.0. The van der Waals surface area contributed by atoms with E-state index in [0.717, 1.165) is 36.6 Å². The van der Waals surface area contributed by atoms with Crippen molar-refractivity contribution in [3.63, 3.8) is 0 Å². The molecule has 0 saturated carbocycles. The maximum absolute atomic E-state index is 13.1. The van der Waals surface area contributed by atoms with Gasteiger partial charge in [0.2, 0.25) is 0 Å². The predicted octanol–water partition coefficient (Wildman–Crippen LogP) is 5.05. The summed E-state index contributed by atoms with van der Waals surface area (Å²) in [4.78, 5) is 2.36. The molecule has 1 aromatic heterocycles. The molecule has 4 nitrogen and oxygen atoms in total. The third-order valence-corrected chi connectivity index (χ3v) is 5.69. The van der Waals surface area contributed by atoms with Crippen LogP contribution in [0.1, 0.15) is 46.3 Å². The second-order valence-electron chi connectivity index (χ2n) is 7.68. The van der Waals surface area contributed by atoms with Crippen molar-refractivity contribution in [2.75, 3.05) is 20.2 Å². The molecule has 0 aliphatic carbocycles. The fourth-order valence-corrected chi connectivity index (χ4v) is 4.29. The maximum atomic E-state index is 13.1. The average Bonchev–Trinajstić information content (AvgIpc) is 3.36. The van der Waals surface area contributed by atoms with Gasteiger partial charge in [-0.25, -0.2) is 8.78 Å². The van der Waals surface area contributed by atoms with Crippen LogP contribution in [0, 0.1) is 6.92 Å². The van der Waals surface area contributed by atoms with Crippen LogP contribution < -0.4 is 4.74 Å². The van der Waals surface area contributed by atoms with Crippen molar-refractivity contribution in [1.29, 1.82) is 0 Å². The zero-order valence-corrected chi connectivity index (χ0v) is 16.6. The topological polar surface area (TPSA) is 41.1 Å². The van der Waals surface area contributed by atoms with E-state index in [2.05, 4.69) is 40.2 Å². The molecule has 2 aromatic carbocycles. The highest BCUT2D eigenvalue weighted by Gasteiger charge is 2.36. The third-order valence-electron chi connectivity index (χ3n) is 5.69. The highest BCUT2D eigenvalue weighted by Crippen LogP contribution is 2.40. The number of hydrogen-bond donors (Lipinski definition) is 1. The standard InChI is InChI=1S/C23H25F2N3O/c1-15-8-9-22(29-2)17(10-15)12-28-13-18(16-6-4-3-5-7-16)19(14-28)20-11-21(23(24)25)27-26-20/h3-11,18-19,23H,12-14H2,1-2H3,(H,26,27)/t18-,19+/m0/s1. The smallest absolute Gasteiger partial charge is 0.282 e. The molecule has 0 amide bonds. The van der Waals surface area contributed by atoms with Crippen LogP contribution in [0.2, 0.25) is 0 Å². The summed E-state index contributed by atoms with van der Waals surface area (Å²) in [6.07, 6.45) is -2.57. The Morgan fingerprint density at radius 1 is 1.10 bits per heavy atom. The minimum absolute atomic E-state index is 0.0770. The van der Waals surface area contributed by atoms with Gasteiger partial charge in [0.15, 0.2) is 0 Å². The van der Waals surface area contributed by atoms with Crippen molar-refractivity contribution in [2.24, 2.45) is 0 Å². The summed E-state index contributed by atoms with van der Waals surface area (Å²) < 4.78 is 31.7.